The number of H-pyrrole nitrogens is 1. The van der Waals surface area contributed by atoms with Gasteiger partial charge >= 0.3 is 0 Å². The number of piperazine rings is 1. The molecule has 6 nitrogen and oxygen atoms in total. The maximum Gasteiger partial charge on any atom is 0.259 e. The van der Waals surface area contributed by atoms with Gasteiger partial charge in [0.15, 0.2) is 0 Å². The highest BCUT2D eigenvalue weighted by molar-refractivity contribution is 7.18. The number of amides is 1. The van der Waals surface area contributed by atoms with Gasteiger partial charge in [0.2, 0.25) is 0 Å². The Balaban J connectivity index is 1.28. The van der Waals surface area contributed by atoms with Gasteiger partial charge < -0.3 is 9.88 Å². The van der Waals surface area contributed by atoms with E-state index < -0.39 is 0 Å². The van der Waals surface area contributed by atoms with E-state index in [9.17, 15) is 9.59 Å². The van der Waals surface area contributed by atoms with Crippen LogP contribution in [0.2, 0.25) is 5.02 Å². The number of hydrogen-bond donors (Lipinski definition) is 1. The topological polar surface area (TPSA) is 69.3 Å². The van der Waals surface area contributed by atoms with Crippen LogP contribution in [-0.4, -0.2) is 51.9 Å². The fourth-order valence-corrected chi connectivity index (χ4v) is 5.91. The predicted octanol–water partition coefficient (Wildman–Crippen LogP) is 3.47. The SMILES string of the molecule is O=C(c1ccccc1Cl)N1CCN(Cc2nc3sc4c(c3c(=O)[nH]2)CCCC4)CC1. The van der Waals surface area contributed by atoms with E-state index >= 15 is 0 Å². The number of aromatic nitrogens is 2. The minimum absolute atomic E-state index is 0.0121. The quantitative estimate of drug-likeness (QED) is 0.674. The van der Waals surface area contributed by atoms with E-state index in [-0.39, 0.29) is 11.5 Å². The highest BCUT2D eigenvalue weighted by Crippen LogP contribution is 2.33. The lowest BCUT2D eigenvalue weighted by atomic mass is 9.97. The molecule has 0 spiro atoms. The zero-order valence-corrected chi connectivity index (χ0v) is 18.2. The molecule has 1 fully saturated rings. The van der Waals surface area contributed by atoms with E-state index in [1.165, 1.54) is 16.9 Å². The minimum Gasteiger partial charge on any atom is -0.336 e. The minimum atomic E-state index is -0.0302. The van der Waals surface area contributed by atoms with Gasteiger partial charge in [0, 0.05) is 31.1 Å². The second-order valence-electron chi connectivity index (χ2n) is 7.95. The first-order valence-electron chi connectivity index (χ1n) is 10.4. The van der Waals surface area contributed by atoms with Crippen LogP contribution in [0.15, 0.2) is 29.1 Å². The van der Waals surface area contributed by atoms with E-state index in [4.69, 9.17) is 16.6 Å². The first kappa shape index (κ1) is 19.7. The van der Waals surface area contributed by atoms with Crippen molar-refractivity contribution in [1.29, 1.82) is 0 Å². The number of benzene rings is 1. The number of carbonyl (C=O) groups is 1. The molecular weight excluding hydrogens is 420 g/mol. The number of carbonyl (C=O) groups excluding carboxylic acids is 1. The molecule has 1 amide bonds. The molecule has 2 aliphatic rings. The Bertz CT molecular complexity index is 1160. The molecule has 0 bridgehead atoms. The van der Waals surface area contributed by atoms with Crippen LogP contribution in [0, 0.1) is 0 Å². The van der Waals surface area contributed by atoms with Crippen molar-refractivity contribution in [2.45, 2.75) is 32.2 Å². The third-order valence-electron chi connectivity index (χ3n) is 6.01. The van der Waals surface area contributed by atoms with Crippen molar-refractivity contribution in [3.8, 4) is 0 Å². The zero-order valence-electron chi connectivity index (χ0n) is 16.6. The molecule has 156 valence electrons. The van der Waals surface area contributed by atoms with Crippen LogP contribution >= 0.6 is 22.9 Å². The van der Waals surface area contributed by atoms with Crippen LogP contribution in [0.4, 0.5) is 0 Å². The number of aromatic amines is 1. The summed E-state index contributed by atoms with van der Waals surface area (Å²) < 4.78 is 0. The highest BCUT2D eigenvalue weighted by Gasteiger charge is 2.25. The van der Waals surface area contributed by atoms with Crippen molar-refractivity contribution >= 4 is 39.1 Å². The molecule has 1 saturated heterocycles. The number of hydrogen-bond acceptors (Lipinski definition) is 5. The molecule has 0 radical (unpaired) electrons. The van der Waals surface area contributed by atoms with E-state index in [1.807, 2.05) is 17.0 Å². The predicted molar refractivity (Wildman–Crippen MR) is 120 cm³/mol. The smallest absolute Gasteiger partial charge is 0.259 e. The van der Waals surface area contributed by atoms with Crippen molar-refractivity contribution in [2.75, 3.05) is 26.2 Å². The number of thiophene rings is 1. The van der Waals surface area contributed by atoms with Crippen LogP contribution in [-0.2, 0) is 19.4 Å². The van der Waals surface area contributed by atoms with Gasteiger partial charge in [-0.2, -0.15) is 0 Å². The fourth-order valence-electron chi connectivity index (χ4n) is 4.41. The maximum absolute atomic E-state index is 12.7. The molecule has 30 heavy (non-hydrogen) atoms. The van der Waals surface area contributed by atoms with Crippen LogP contribution < -0.4 is 5.56 Å². The lowest BCUT2D eigenvalue weighted by molar-refractivity contribution is 0.0625. The Labute approximate surface area is 183 Å². The second kappa shape index (κ2) is 8.13. The molecule has 0 atom stereocenters. The summed E-state index contributed by atoms with van der Waals surface area (Å²) >= 11 is 7.85. The Morgan fingerprint density at radius 2 is 1.90 bits per heavy atom. The summed E-state index contributed by atoms with van der Waals surface area (Å²) in [5, 5.41) is 1.28. The Kier molecular flexibility index (Phi) is 5.35. The summed E-state index contributed by atoms with van der Waals surface area (Å²) in [6.07, 6.45) is 4.40. The fraction of sp³-hybridized carbons (Fsp3) is 0.409. The van der Waals surface area contributed by atoms with Crippen molar-refractivity contribution in [3.63, 3.8) is 0 Å². The van der Waals surface area contributed by atoms with Crippen LogP contribution in [0.25, 0.3) is 10.2 Å². The zero-order chi connectivity index (χ0) is 20.7. The summed E-state index contributed by atoms with van der Waals surface area (Å²) in [6, 6.07) is 7.16. The molecule has 1 aliphatic carbocycles. The average molecular weight is 443 g/mol. The molecule has 0 unspecified atom stereocenters. The third-order valence-corrected chi connectivity index (χ3v) is 7.53. The summed E-state index contributed by atoms with van der Waals surface area (Å²) in [6.45, 7) is 3.31. The first-order valence-corrected chi connectivity index (χ1v) is 11.6. The van der Waals surface area contributed by atoms with Gasteiger partial charge in [0.25, 0.3) is 11.5 Å². The van der Waals surface area contributed by atoms with Gasteiger partial charge in [-0.05, 0) is 43.4 Å². The van der Waals surface area contributed by atoms with E-state index in [1.54, 1.807) is 23.5 Å². The number of rotatable bonds is 3. The van der Waals surface area contributed by atoms with Crippen molar-refractivity contribution in [1.82, 2.24) is 19.8 Å². The van der Waals surface area contributed by atoms with Gasteiger partial charge in [0.05, 0.1) is 22.5 Å². The van der Waals surface area contributed by atoms with Gasteiger partial charge in [-0.1, -0.05) is 23.7 Å². The van der Waals surface area contributed by atoms with Crippen molar-refractivity contribution in [2.24, 2.45) is 0 Å². The number of aryl methyl sites for hydroxylation is 2. The summed E-state index contributed by atoms with van der Waals surface area (Å²) in [5.74, 6) is 0.675. The van der Waals surface area contributed by atoms with Crippen LogP contribution in [0.3, 0.4) is 0 Å². The van der Waals surface area contributed by atoms with Crippen LogP contribution in [0.5, 0.6) is 0 Å². The molecular formula is C22H23ClN4O2S. The molecule has 3 heterocycles. The Morgan fingerprint density at radius 1 is 1.13 bits per heavy atom. The van der Waals surface area contributed by atoms with E-state index in [0.29, 0.717) is 36.0 Å². The summed E-state index contributed by atoms with van der Waals surface area (Å²) in [7, 11) is 0. The molecule has 0 saturated carbocycles. The van der Waals surface area contributed by atoms with Gasteiger partial charge in [-0.3, -0.25) is 14.5 Å². The maximum atomic E-state index is 12.7. The molecule has 1 N–H and O–H groups in total. The lowest BCUT2D eigenvalue weighted by Gasteiger charge is -2.34. The highest BCUT2D eigenvalue weighted by atomic mass is 35.5. The largest absolute Gasteiger partial charge is 0.336 e. The standard InChI is InChI=1S/C22H23ClN4O2S/c23-16-7-3-1-5-14(16)22(29)27-11-9-26(10-12-27)13-18-24-20(28)19-15-6-2-4-8-17(15)30-21(19)25-18/h1,3,5,7H,2,4,6,8-13H2,(H,24,25,28). The first-order chi connectivity index (χ1) is 14.6. The Hall–Kier alpha value is -2.22. The Morgan fingerprint density at radius 3 is 2.70 bits per heavy atom. The third kappa shape index (κ3) is 3.66. The normalized spacial score (nSPS) is 17.3. The monoisotopic (exact) mass is 442 g/mol. The number of halogens is 1. The number of nitrogens with zero attached hydrogens (tertiary/aromatic N) is 3. The number of nitrogens with one attached hydrogen (secondary N) is 1. The molecule has 5 rings (SSSR count). The van der Waals surface area contributed by atoms with Gasteiger partial charge in [-0.25, -0.2) is 4.98 Å². The molecule has 3 aromatic rings. The number of fused-ring (bicyclic) bond motifs is 3. The van der Waals surface area contributed by atoms with Crippen molar-refractivity contribution in [3.05, 3.63) is 61.5 Å². The van der Waals surface area contributed by atoms with Crippen LogP contribution in [0.1, 0.15) is 39.5 Å². The van der Waals surface area contributed by atoms with Gasteiger partial charge in [-0.15, -0.1) is 11.3 Å². The second-order valence-corrected chi connectivity index (χ2v) is 9.44. The molecule has 1 aliphatic heterocycles. The van der Waals surface area contributed by atoms with Gasteiger partial charge in [0.1, 0.15) is 10.7 Å². The van der Waals surface area contributed by atoms with E-state index in [2.05, 4.69) is 9.88 Å². The molecule has 2 aromatic heterocycles. The average Bonchev–Trinajstić information content (AvgIpc) is 3.13. The van der Waals surface area contributed by atoms with E-state index in [0.717, 1.165) is 42.6 Å². The molecule has 1 aromatic carbocycles. The molecule has 8 heteroatoms. The summed E-state index contributed by atoms with van der Waals surface area (Å²) in [4.78, 5) is 39.5. The van der Waals surface area contributed by atoms with Crippen molar-refractivity contribution < 1.29 is 4.79 Å². The summed E-state index contributed by atoms with van der Waals surface area (Å²) in [5.41, 5.74) is 1.75. The lowest BCUT2D eigenvalue weighted by Crippen LogP contribution is -2.48.